The van der Waals surface area contributed by atoms with Crippen LogP contribution in [0.25, 0.3) is 0 Å². The van der Waals surface area contributed by atoms with Gasteiger partial charge in [0.2, 0.25) is 0 Å². The normalized spacial score (nSPS) is 15.2. The fourth-order valence-electron chi connectivity index (χ4n) is 3.15. The summed E-state index contributed by atoms with van der Waals surface area (Å²) in [7, 11) is 1.50. The van der Waals surface area contributed by atoms with Gasteiger partial charge in [-0.15, -0.1) is 0 Å². The molecule has 0 bridgehead atoms. The molecule has 6 heteroatoms. The number of piperazine rings is 1. The molecule has 0 atom stereocenters. The molecule has 0 unspecified atom stereocenters. The van der Waals surface area contributed by atoms with Gasteiger partial charge in [0.15, 0.2) is 5.75 Å². The van der Waals surface area contributed by atoms with Crippen molar-refractivity contribution in [1.82, 2.24) is 4.90 Å². The maximum absolute atomic E-state index is 12.7. The molecule has 0 saturated carbocycles. The second-order valence-corrected chi connectivity index (χ2v) is 6.99. The Balaban J connectivity index is 1.62. The molecule has 1 N–H and O–H groups in total. The van der Waals surface area contributed by atoms with E-state index in [1.807, 2.05) is 11.0 Å². The number of ether oxygens (including phenoxy) is 1. The Morgan fingerprint density at radius 3 is 2.28 bits per heavy atom. The first-order valence-corrected chi connectivity index (χ1v) is 9.04. The second-order valence-electron chi connectivity index (χ2n) is 6.18. The van der Waals surface area contributed by atoms with Gasteiger partial charge in [0, 0.05) is 11.1 Å². The molecule has 1 aliphatic heterocycles. The fourth-order valence-corrected chi connectivity index (χ4v) is 3.79. The third-order valence-corrected chi connectivity index (χ3v) is 5.07. The third kappa shape index (κ3) is 4.27. The van der Waals surface area contributed by atoms with Crippen LogP contribution in [0.2, 0.25) is 10.0 Å². The van der Waals surface area contributed by atoms with Crippen molar-refractivity contribution in [3.63, 3.8) is 0 Å². The quantitative estimate of drug-likeness (QED) is 0.885. The summed E-state index contributed by atoms with van der Waals surface area (Å²) in [6, 6.07) is 13.7. The molecule has 1 aliphatic rings. The number of methoxy groups -OCH3 is 1. The number of amides is 1. The first-order chi connectivity index (χ1) is 12.1. The Kier molecular flexibility index (Phi) is 5.84. The summed E-state index contributed by atoms with van der Waals surface area (Å²) in [6.45, 7) is 4.30. The van der Waals surface area contributed by atoms with Crippen molar-refractivity contribution in [2.24, 2.45) is 0 Å². The number of carbonyl (C=O) groups excluding carboxylic acids is 1. The Bertz CT molecular complexity index is 721. The zero-order valence-electron chi connectivity index (χ0n) is 14.1. The predicted octanol–water partition coefficient (Wildman–Crippen LogP) is 2.54. The molecule has 25 heavy (non-hydrogen) atoms. The van der Waals surface area contributed by atoms with Crippen LogP contribution in [-0.2, 0) is 6.54 Å². The van der Waals surface area contributed by atoms with Gasteiger partial charge in [-0.05, 0) is 12.1 Å². The minimum atomic E-state index is -0.0368. The SMILES string of the molecule is COc1c(Cl)cc(C(=O)N2CC[NH+](Cc3ccccc3)CC2)cc1Cl. The van der Waals surface area contributed by atoms with E-state index in [0.717, 1.165) is 32.7 Å². The summed E-state index contributed by atoms with van der Waals surface area (Å²) >= 11 is 12.3. The molecule has 132 valence electrons. The summed E-state index contributed by atoms with van der Waals surface area (Å²) in [5.41, 5.74) is 1.83. The Labute approximate surface area is 157 Å². The van der Waals surface area contributed by atoms with Gasteiger partial charge in [0.05, 0.1) is 43.3 Å². The minimum Gasteiger partial charge on any atom is -0.494 e. The van der Waals surface area contributed by atoms with Gasteiger partial charge in [-0.1, -0.05) is 53.5 Å². The lowest BCUT2D eigenvalue weighted by Crippen LogP contribution is -3.13. The molecule has 0 aromatic heterocycles. The number of hydrogen-bond acceptors (Lipinski definition) is 2. The van der Waals surface area contributed by atoms with Crippen LogP contribution in [0.4, 0.5) is 0 Å². The van der Waals surface area contributed by atoms with Crippen molar-refractivity contribution in [1.29, 1.82) is 0 Å². The highest BCUT2D eigenvalue weighted by atomic mass is 35.5. The summed E-state index contributed by atoms with van der Waals surface area (Å²) < 4.78 is 5.13. The number of rotatable bonds is 4. The fraction of sp³-hybridized carbons (Fsp3) is 0.316. The molecule has 2 aromatic carbocycles. The van der Waals surface area contributed by atoms with Gasteiger partial charge in [0.1, 0.15) is 6.54 Å². The first kappa shape index (κ1) is 18.1. The topological polar surface area (TPSA) is 34.0 Å². The molecule has 1 saturated heterocycles. The number of carbonyl (C=O) groups is 1. The minimum absolute atomic E-state index is 0.0368. The lowest BCUT2D eigenvalue weighted by Gasteiger charge is -2.32. The number of nitrogens with one attached hydrogen (secondary N) is 1. The number of halogens is 2. The van der Waals surface area contributed by atoms with Crippen LogP contribution < -0.4 is 9.64 Å². The highest BCUT2D eigenvalue weighted by Crippen LogP contribution is 2.34. The summed E-state index contributed by atoms with van der Waals surface area (Å²) in [4.78, 5) is 16.1. The monoisotopic (exact) mass is 379 g/mol. The van der Waals surface area contributed by atoms with Crippen LogP contribution in [0, 0.1) is 0 Å². The van der Waals surface area contributed by atoms with Gasteiger partial charge < -0.3 is 14.5 Å². The van der Waals surface area contributed by atoms with Gasteiger partial charge >= 0.3 is 0 Å². The average Bonchev–Trinajstić information content (AvgIpc) is 2.62. The average molecular weight is 380 g/mol. The molecular formula is C19H21Cl2N2O2+. The number of nitrogens with zero attached hydrogens (tertiary/aromatic N) is 1. The van der Waals surface area contributed by atoms with Crippen molar-refractivity contribution >= 4 is 29.1 Å². The molecular weight excluding hydrogens is 359 g/mol. The third-order valence-electron chi connectivity index (χ3n) is 4.50. The Morgan fingerprint density at radius 2 is 1.72 bits per heavy atom. The van der Waals surface area contributed by atoms with Crippen LogP contribution >= 0.6 is 23.2 Å². The van der Waals surface area contributed by atoms with E-state index in [1.165, 1.54) is 17.6 Å². The molecule has 1 amide bonds. The highest BCUT2D eigenvalue weighted by Gasteiger charge is 2.25. The van der Waals surface area contributed by atoms with Crippen molar-refractivity contribution in [3.05, 3.63) is 63.6 Å². The molecule has 0 spiro atoms. The lowest BCUT2D eigenvalue weighted by atomic mass is 10.1. The van der Waals surface area contributed by atoms with Gasteiger partial charge in [0.25, 0.3) is 5.91 Å². The standard InChI is InChI=1S/C19H20Cl2N2O2/c1-25-18-16(20)11-15(12-17(18)21)19(24)23-9-7-22(8-10-23)13-14-5-3-2-4-6-14/h2-6,11-12H,7-10,13H2,1H3/p+1. The zero-order chi connectivity index (χ0) is 17.8. The van der Waals surface area contributed by atoms with Crippen molar-refractivity contribution < 1.29 is 14.4 Å². The van der Waals surface area contributed by atoms with Crippen molar-refractivity contribution in [2.45, 2.75) is 6.54 Å². The number of quaternary nitrogens is 1. The molecule has 4 nitrogen and oxygen atoms in total. The second kappa shape index (κ2) is 8.09. The Morgan fingerprint density at radius 1 is 1.12 bits per heavy atom. The van der Waals surface area contributed by atoms with Crippen LogP contribution in [0.5, 0.6) is 5.75 Å². The number of hydrogen-bond donors (Lipinski definition) is 1. The number of benzene rings is 2. The summed E-state index contributed by atoms with van der Waals surface area (Å²) in [5, 5.41) is 0.707. The smallest absolute Gasteiger partial charge is 0.254 e. The zero-order valence-corrected chi connectivity index (χ0v) is 15.6. The molecule has 3 rings (SSSR count). The van der Waals surface area contributed by atoms with Gasteiger partial charge in [-0.2, -0.15) is 0 Å². The van der Waals surface area contributed by atoms with E-state index >= 15 is 0 Å². The first-order valence-electron chi connectivity index (χ1n) is 8.28. The molecule has 2 aromatic rings. The van der Waals surface area contributed by atoms with E-state index in [2.05, 4.69) is 24.3 Å². The van der Waals surface area contributed by atoms with Gasteiger partial charge in [-0.25, -0.2) is 0 Å². The van der Waals surface area contributed by atoms with Crippen LogP contribution in [-0.4, -0.2) is 44.1 Å². The maximum Gasteiger partial charge on any atom is 0.254 e. The summed E-state index contributed by atoms with van der Waals surface area (Å²) in [6.07, 6.45) is 0. The molecule has 0 radical (unpaired) electrons. The molecule has 1 fully saturated rings. The van der Waals surface area contributed by atoms with E-state index in [4.69, 9.17) is 27.9 Å². The van der Waals surface area contributed by atoms with Crippen LogP contribution in [0.3, 0.4) is 0 Å². The van der Waals surface area contributed by atoms with E-state index in [0.29, 0.717) is 21.4 Å². The van der Waals surface area contributed by atoms with E-state index in [1.54, 1.807) is 12.1 Å². The van der Waals surface area contributed by atoms with Crippen LogP contribution in [0.1, 0.15) is 15.9 Å². The van der Waals surface area contributed by atoms with E-state index in [-0.39, 0.29) is 5.91 Å². The summed E-state index contributed by atoms with van der Waals surface area (Å²) in [5.74, 6) is 0.363. The largest absolute Gasteiger partial charge is 0.494 e. The van der Waals surface area contributed by atoms with Gasteiger partial charge in [-0.3, -0.25) is 4.79 Å². The maximum atomic E-state index is 12.7. The molecule has 1 heterocycles. The predicted molar refractivity (Wildman–Crippen MR) is 99.8 cm³/mol. The van der Waals surface area contributed by atoms with E-state index < -0.39 is 0 Å². The highest BCUT2D eigenvalue weighted by molar-refractivity contribution is 6.37. The Hall–Kier alpha value is -1.75. The van der Waals surface area contributed by atoms with Crippen LogP contribution in [0.15, 0.2) is 42.5 Å². The van der Waals surface area contributed by atoms with Crippen molar-refractivity contribution in [2.75, 3.05) is 33.3 Å². The molecule has 0 aliphatic carbocycles. The van der Waals surface area contributed by atoms with Crippen molar-refractivity contribution in [3.8, 4) is 5.75 Å². The lowest BCUT2D eigenvalue weighted by molar-refractivity contribution is -0.917. The van der Waals surface area contributed by atoms with E-state index in [9.17, 15) is 4.79 Å².